The van der Waals surface area contributed by atoms with Crippen molar-refractivity contribution in [2.45, 2.75) is 98.3 Å². The fourth-order valence-electron chi connectivity index (χ4n) is 5.61. The Balaban J connectivity index is 1.53. The average Bonchev–Trinajstić information content (AvgIpc) is 3.18. The summed E-state index contributed by atoms with van der Waals surface area (Å²) in [4.78, 5) is 42.1. The molecule has 1 amide bonds. The van der Waals surface area contributed by atoms with Crippen LogP contribution in [0.3, 0.4) is 0 Å². The lowest BCUT2D eigenvalue weighted by atomic mass is 9.78. The van der Waals surface area contributed by atoms with Crippen LogP contribution < -0.4 is 10.9 Å². The van der Waals surface area contributed by atoms with Gasteiger partial charge in [-0.25, -0.2) is 19.1 Å². The van der Waals surface area contributed by atoms with Gasteiger partial charge in [-0.3, -0.25) is 9.78 Å². The molecule has 0 atom stereocenters. The molecule has 0 unspecified atom stereocenters. The quantitative estimate of drug-likeness (QED) is 0.287. The first-order chi connectivity index (χ1) is 19.9. The molecular weight excluding hydrogens is 542 g/mol. The number of carbonyl (C=O) groups is 1. The van der Waals surface area contributed by atoms with Crippen LogP contribution in [-0.2, 0) is 22.1 Å². The number of aromatic nitrogens is 5. The summed E-state index contributed by atoms with van der Waals surface area (Å²) in [6.07, 6.45) is 3.03. The van der Waals surface area contributed by atoms with Crippen LogP contribution in [0.5, 0.6) is 0 Å². The van der Waals surface area contributed by atoms with Crippen LogP contribution in [0.2, 0.25) is 0 Å². The van der Waals surface area contributed by atoms with E-state index in [4.69, 9.17) is 9.72 Å². The third-order valence-corrected chi connectivity index (χ3v) is 7.56. The van der Waals surface area contributed by atoms with Gasteiger partial charge in [-0.15, -0.1) is 0 Å². The van der Waals surface area contributed by atoms with Gasteiger partial charge in [-0.2, -0.15) is 4.98 Å². The van der Waals surface area contributed by atoms with Crippen LogP contribution in [0.4, 0.5) is 16.4 Å². The minimum absolute atomic E-state index is 0.110. The number of rotatable bonds is 4. The molecule has 1 N–H and O–H groups in total. The summed E-state index contributed by atoms with van der Waals surface area (Å²) in [5, 5.41) is 3.77. The second-order valence-electron chi connectivity index (χ2n) is 14.4. The third kappa shape index (κ3) is 6.00. The Morgan fingerprint density at radius 3 is 2.42 bits per heavy atom. The molecule has 5 rings (SSSR count). The number of amides is 1. The fourth-order valence-corrected chi connectivity index (χ4v) is 5.61. The SMILES string of the molecule is CC(C)n1c(=O)c2cnc(Nc3ccc4c(c3)CN(C(=O)OC(C)(C)C)CC4(C)C)nc2n1-c1ccnc(C(C)(C)C)c1. The molecule has 0 saturated heterocycles. The summed E-state index contributed by atoms with van der Waals surface area (Å²) < 4.78 is 9.24. The third-order valence-electron chi connectivity index (χ3n) is 7.56. The molecule has 10 nitrogen and oxygen atoms in total. The van der Waals surface area contributed by atoms with E-state index in [1.165, 1.54) is 5.56 Å². The van der Waals surface area contributed by atoms with Crippen molar-refractivity contribution in [1.82, 2.24) is 29.2 Å². The normalized spacial score (nSPS) is 15.1. The molecule has 1 aromatic carbocycles. The van der Waals surface area contributed by atoms with E-state index in [9.17, 15) is 9.59 Å². The Morgan fingerprint density at radius 2 is 1.77 bits per heavy atom. The molecule has 4 heterocycles. The van der Waals surface area contributed by atoms with E-state index >= 15 is 0 Å². The maximum Gasteiger partial charge on any atom is 0.410 e. The molecule has 0 aliphatic carbocycles. The lowest BCUT2D eigenvalue weighted by Gasteiger charge is -2.40. The van der Waals surface area contributed by atoms with Gasteiger partial charge < -0.3 is 15.0 Å². The number of anilines is 2. The van der Waals surface area contributed by atoms with Crippen molar-refractivity contribution in [2.24, 2.45) is 0 Å². The van der Waals surface area contributed by atoms with Gasteiger partial charge in [-0.05, 0) is 70.0 Å². The molecule has 0 fully saturated rings. The van der Waals surface area contributed by atoms with Crippen molar-refractivity contribution in [3.63, 3.8) is 0 Å². The highest BCUT2D eigenvalue weighted by atomic mass is 16.6. The summed E-state index contributed by atoms with van der Waals surface area (Å²) in [5.41, 5.74) is 4.11. The van der Waals surface area contributed by atoms with Gasteiger partial charge >= 0.3 is 6.09 Å². The van der Waals surface area contributed by atoms with E-state index in [1.54, 1.807) is 22.0 Å². The van der Waals surface area contributed by atoms with Crippen molar-refractivity contribution in [2.75, 3.05) is 11.9 Å². The van der Waals surface area contributed by atoms with Gasteiger partial charge in [-0.1, -0.05) is 40.7 Å². The van der Waals surface area contributed by atoms with Crippen LogP contribution in [0.15, 0.2) is 47.5 Å². The van der Waals surface area contributed by atoms with E-state index in [-0.39, 0.29) is 28.5 Å². The second kappa shape index (κ2) is 10.5. The number of carbonyl (C=O) groups excluding carboxylic acids is 1. The predicted octanol–water partition coefficient (Wildman–Crippen LogP) is 6.63. The zero-order chi connectivity index (χ0) is 31.5. The highest BCUT2D eigenvalue weighted by Gasteiger charge is 2.36. The molecule has 1 aliphatic heterocycles. The topological polar surface area (TPSA) is 107 Å². The molecule has 0 saturated carbocycles. The van der Waals surface area contributed by atoms with Gasteiger partial charge in [0.25, 0.3) is 5.56 Å². The minimum Gasteiger partial charge on any atom is -0.444 e. The first-order valence-corrected chi connectivity index (χ1v) is 14.8. The average molecular weight is 586 g/mol. The fraction of sp³-hybridized carbons (Fsp3) is 0.485. The Hall–Kier alpha value is -4.21. The van der Waals surface area contributed by atoms with Crippen LogP contribution in [-0.4, -0.2) is 47.5 Å². The summed E-state index contributed by atoms with van der Waals surface area (Å²) in [6.45, 7) is 21.2. The Labute approximate surface area is 253 Å². The minimum atomic E-state index is -0.569. The summed E-state index contributed by atoms with van der Waals surface area (Å²) in [6, 6.07) is 9.92. The van der Waals surface area contributed by atoms with Crippen molar-refractivity contribution in [1.29, 1.82) is 0 Å². The van der Waals surface area contributed by atoms with Gasteiger partial charge in [0.15, 0.2) is 5.65 Å². The zero-order valence-electron chi connectivity index (χ0n) is 26.9. The van der Waals surface area contributed by atoms with Crippen LogP contribution in [0.1, 0.15) is 92.1 Å². The molecule has 0 spiro atoms. The van der Waals surface area contributed by atoms with Crippen molar-refractivity contribution < 1.29 is 9.53 Å². The van der Waals surface area contributed by atoms with Gasteiger partial charge in [0.05, 0.1) is 5.69 Å². The van der Waals surface area contributed by atoms with E-state index in [1.807, 2.05) is 63.6 Å². The molecule has 10 heteroatoms. The van der Waals surface area contributed by atoms with Crippen molar-refractivity contribution in [3.8, 4) is 5.69 Å². The number of nitrogens with one attached hydrogen (secondary N) is 1. The number of nitrogens with zero attached hydrogens (tertiary/aromatic N) is 6. The maximum absolute atomic E-state index is 13.5. The van der Waals surface area contributed by atoms with Gasteiger partial charge in [0, 0.05) is 53.7 Å². The molecule has 4 aromatic rings. The monoisotopic (exact) mass is 585 g/mol. The van der Waals surface area contributed by atoms with Crippen LogP contribution in [0.25, 0.3) is 16.7 Å². The Kier molecular flexibility index (Phi) is 7.39. The lowest BCUT2D eigenvalue weighted by Crippen LogP contribution is -2.46. The molecule has 3 aromatic heterocycles. The van der Waals surface area contributed by atoms with Crippen molar-refractivity contribution in [3.05, 3.63) is 69.9 Å². The largest absolute Gasteiger partial charge is 0.444 e. The van der Waals surface area contributed by atoms with Crippen LogP contribution in [0, 0.1) is 0 Å². The zero-order valence-corrected chi connectivity index (χ0v) is 26.9. The Bertz CT molecular complexity index is 1750. The summed E-state index contributed by atoms with van der Waals surface area (Å²) in [5.74, 6) is 0.367. The highest BCUT2D eigenvalue weighted by molar-refractivity contribution is 5.77. The second-order valence-corrected chi connectivity index (χ2v) is 14.4. The number of hydrogen-bond acceptors (Lipinski definition) is 7. The molecule has 43 heavy (non-hydrogen) atoms. The molecule has 1 aliphatic rings. The number of fused-ring (bicyclic) bond motifs is 2. The number of ether oxygens (including phenoxy) is 1. The molecule has 228 valence electrons. The number of hydrogen-bond donors (Lipinski definition) is 1. The van der Waals surface area contributed by atoms with Crippen molar-refractivity contribution >= 4 is 28.8 Å². The molecule has 0 radical (unpaired) electrons. The van der Waals surface area contributed by atoms with E-state index in [2.05, 4.69) is 56.0 Å². The lowest BCUT2D eigenvalue weighted by molar-refractivity contribution is 0.0174. The summed E-state index contributed by atoms with van der Waals surface area (Å²) >= 11 is 0. The molecule has 0 bridgehead atoms. The van der Waals surface area contributed by atoms with Gasteiger partial charge in [0.2, 0.25) is 5.95 Å². The number of benzene rings is 1. The van der Waals surface area contributed by atoms with E-state index < -0.39 is 5.60 Å². The Morgan fingerprint density at radius 1 is 1.05 bits per heavy atom. The van der Waals surface area contributed by atoms with E-state index in [0.29, 0.717) is 30.1 Å². The number of pyridine rings is 1. The maximum atomic E-state index is 13.5. The van der Waals surface area contributed by atoms with Gasteiger partial charge in [0.1, 0.15) is 11.0 Å². The first kappa shape index (κ1) is 30.3. The predicted molar refractivity (Wildman–Crippen MR) is 169 cm³/mol. The summed E-state index contributed by atoms with van der Waals surface area (Å²) in [7, 11) is 0. The standard InChI is InChI=1S/C33H43N7O3/c1-20(2)39-28(41)24-17-35-29(37-27(24)40(39)23-13-14-34-26(16-23)31(3,4)5)36-22-11-12-25-21(15-22)18-38(19-33(25,9)10)30(42)43-32(6,7)8/h11-17,20H,18-19H2,1-10H3,(H,35,36,37). The molecular formula is C33H43N7O3. The first-order valence-electron chi connectivity index (χ1n) is 14.8. The smallest absolute Gasteiger partial charge is 0.410 e. The highest BCUT2D eigenvalue weighted by Crippen LogP contribution is 2.36. The van der Waals surface area contributed by atoms with Crippen LogP contribution >= 0.6 is 0 Å². The van der Waals surface area contributed by atoms with E-state index in [0.717, 1.165) is 22.6 Å².